The maximum Gasteiger partial charge on any atom is 0.416 e. The van der Waals surface area contributed by atoms with Crippen LogP contribution in [0.2, 0.25) is 0 Å². The van der Waals surface area contributed by atoms with Crippen LogP contribution >= 0.6 is 15.9 Å². The highest BCUT2D eigenvalue weighted by atomic mass is 79.9. The minimum absolute atomic E-state index is 0.0591. The molecule has 0 saturated carbocycles. The molecule has 4 rings (SSSR count). The largest absolute Gasteiger partial charge is 0.493 e. The number of primary amides is 1. The number of ether oxygens (including phenoxy) is 2. The van der Waals surface area contributed by atoms with Crippen LogP contribution in [0.4, 0.5) is 13.2 Å². The van der Waals surface area contributed by atoms with Crippen LogP contribution in [0.1, 0.15) is 11.1 Å². The normalized spacial score (nSPS) is 11.7. The first-order chi connectivity index (χ1) is 17.6. The molecule has 1 amide bonds. The molecule has 0 aliphatic carbocycles. The molecule has 0 aliphatic rings. The van der Waals surface area contributed by atoms with Gasteiger partial charge in [-0.1, -0.05) is 24.3 Å². The van der Waals surface area contributed by atoms with E-state index in [1.165, 1.54) is 31.5 Å². The molecule has 0 fully saturated rings. The van der Waals surface area contributed by atoms with Crippen molar-refractivity contribution in [2.24, 2.45) is 10.8 Å². The minimum Gasteiger partial charge on any atom is -0.493 e. The summed E-state index contributed by atoms with van der Waals surface area (Å²) in [4.78, 5) is 28.8. The molecule has 0 bridgehead atoms. The summed E-state index contributed by atoms with van der Waals surface area (Å²) >= 11 is 3.33. The molecule has 0 spiro atoms. The van der Waals surface area contributed by atoms with Crippen molar-refractivity contribution in [3.05, 3.63) is 86.6 Å². The van der Waals surface area contributed by atoms with Crippen LogP contribution in [-0.2, 0) is 11.0 Å². The number of aromatic nitrogens is 2. The highest BCUT2D eigenvalue weighted by Gasteiger charge is 2.31. The Morgan fingerprint density at radius 1 is 1.16 bits per heavy atom. The highest BCUT2D eigenvalue weighted by molar-refractivity contribution is 9.10. The first-order valence-corrected chi connectivity index (χ1v) is 11.4. The number of nitrogens with two attached hydrogens (primary N) is 1. The molecule has 1 aromatic heterocycles. The number of rotatable bonds is 7. The van der Waals surface area contributed by atoms with Gasteiger partial charge in [-0.05, 0) is 57.9 Å². The summed E-state index contributed by atoms with van der Waals surface area (Å²) in [5.41, 5.74) is 4.50. The van der Waals surface area contributed by atoms with Crippen molar-refractivity contribution in [1.29, 1.82) is 0 Å². The maximum absolute atomic E-state index is 13.4. The smallest absolute Gasteiger partial charge is 0.416 e. The zero-order valence-corrected chi connectivity index (χ0v) is 20.7. The van der Waals surface area contributed by atoms with Crippen LogP contribution in [0.15, 0.2) is 75.0 Å². The second-order valence-electron chi connectivity index (χ2n) is 7.68. The van der Waals surface area contributed by atoms with E-state index in [2.05, 4.69) is 26.0 Å². The van der Waals surface area contributed by atoms with Crippen LogP contribution in [0.3, 0.4) is 0 Å². The topological polar surface area (TPSA) is 109 Å². The van der Waals surface area contributed by atoms with Crippen LogP contribution in [0, 0.1) is 0 Å². The monoisotopic (exact) mass is 574 g/mol. The Balaban J connectivity index is 1.85. The number of methoxy groups -OCH3 is 1. The van der Waals surface area contributed by atoms with E-state index in [4.69, 9.17) is 15.2 Å². The standard InChI is InChI=1S/C25H18BrF3N4O4/c1-36-20-10-14(9-18(26)22(20)37-13-21(30)34)12-31-33-23(15-5-4-6-16(11-15)25(27,28)29)32-19-8-3-2-7-17(19)24(33)35/h2-12H,13H2,1H3,(H2,30,34). The van der Waals surface area contributed by atoms with Gasteiger partial charge in [-0.25, -0.2) is 4.98 Å². The molecule has 0 atom stereocenters. The summed E-state index contributed by atoms with van der Waals surface area (Å²) in [7, 11) is 1.39. The number of benzene rings is 3. The summed E-state index contributed by atoms with van der Waals surface area (Å²) in [5, 5.41) is 4.50. The van der Waals surface area contributed by atoms with Gasteiger partial charge in [0, 0.05) is 5.56 Å². The van der Waals surface area contributed by atoms with E-state index in [1.54, 1.807) is 30.3 Å². The average molecular weight is 575 g/mol. The number of alkyl halides is 3. The van der Waals surface area contributed by atoms with Crippen molar-refractivity contribution in [3.8, 4) is 22.9 Å². The number of carbonyl (C=O) groups excluding carboxylic acids is 1. The Morgan fingerprint density at radius 3 is 2.62 bits per heavy atom. The first-order valence-electron chi connectivity index (χ1n) is 10.6. The summed E-state index contributed by atoms with van der Waals surface area (Å²) in [6, 6.07) is 14.1. The third-order valence-electron chi connectivity index (χ3n) is 5.13. The second-order valence-corrected chi connectivity index (χ2v) is 8.54. The van der Waals surface area contributed by atoms with Crippen LogP contribution in [-0.4, -0.2) is 35.5 Å². The quantitative estimate of drug-likeness (QED) is 0.324. The van der Waals surface area contributed by atoms with Gasteiger partial charge in [-0.3, -0.25) is 9.59 Å². The number of fused-ring (bicyclic) bond motifs is 1. The Hall–Kier alpha value is -4.19. The number of carbonyl (C=O) groups is 1. The molecule has 3 aromatic carbocycles. The lowest BCUT2D eigenvalue weighted by Crippen LogP contribution is -2.21. The Morgan fingerprint density at radius 2 is 1.92 bits per heavy atom. The molecule has 1 heterocycles. The molecule has 37 heavy (non-hydrogen) atoms. The summed E-state index contributed by atoms with van der Waals surface area (Å²) in [6.45, 7) is -0.374. The van der Waals surface area contributed by atoms with E-state index in [9.17, 15) is 22.8 Å². The van der Waals surface area contributed by atoms with Gasteiger partial charge in [0.25, 0.3) is 11.5 Å². The van der Waals surface area contributed by atoms with Crippen LogP contribution < -0.4 is 20.8 Å². The van der Waals surface area contributed by atoms with E-state index in [1.807, 2.05) is 0 Å². The molecule has 0 aliphatic heterocycles. The highest BCUT2D eigenvalue weighted by Crippen LogP contribution is 2.36. The van der Waals surface area contributed by atoms with Gasteiger partial charge in [0.1, 0.15) is 0 Å². The number of para-hydroxylation sites is 1. The van der Waals surface area contributed by atoms with Gasteiger partial charge in [0.2, 0.25) is 0 Å². The Labute approximate surface area is 216 Å². The molecule has 190 valence electrons. The van der Waals surface area contributed by atoms with Crippen molar-refractivity contribution < 1.29 is 27.4 Å². The zero-order chi connectivity index (χ0) is 26.7. The number of halogens is 4. The lowest BCUT2D eigenvalue weighted by atomic mass is 10.1. The maximum atomic E-state index is 13.4. The predicted molar refractivity (Wildman–Crippen MR) is 135 cm³/mol. The molecule has 2 N–H and O–H groups in total. The molecule has 0 radical (unpaired) electrons. The summed E-state index contributed by atoms with van der Waals surface area (Å²) in [6.07, 6.45) is -3.26. The fourth-order valence-corrected chi connectivity index (χ4v) is 4.05. The number of nitrogens with zero attached hydrogens (tertiary/aromatic N) is 3. The molecule has 4 aromatic rings. The van der Waals surface area contributed by atoms with Gasteiger partial charge >= 0.3 is 6.18 Å². The molecule has 8 nitrogen and oxygen atoms in total. The summed E-state index contributed by atoms with van der Waals surface area (Å²) in [5.74, 6) is -0.268. The third-order valence-corrected chi connectivity index (χ3v) is 5.72. The van der Waals surface area contributed by atoms with Gasteiger partial charge in [-0.15, -0.1) is 0 Å². The summed E-state index contributed by atoms with van der Waals surface area (Å²) < 4.78 is 52.1. The SMILES string of the molecule is COc1cc(C=Nn2c(-c3cccc(C(F)(F)F)c3)nc3ccccc3c2=O)cc(Br)c1OCC(N)=O. The number of amides is 1. The lowest BCUT2D eigenvalue weighted by Gasteiger charge is -2.13. The first kappa shape index (κ1) is 25.9. The second kappa shape index (κ2) is 10.4. The lowest BCUT2D eigenvalue weighted by molar-refractivity contribution is -0.137. The molecule has 0 saturated heterocycles. The molecule has 0 unspecified atom stereocenters. The number of hydrogen-bond donors (Lipinski definition) is 1. The minimum atomic E-state index is -4.58. The average Bonchev–Trinajstić information content (AvgIpc) is 2.86. The fraction of sp³-hybridized carbons (Fsp3) is 0.120. The molecule has 12 heteroatoms. The predicted octanol–water partition coefficient (Wildman–Crippen LogP) is 4.60. The number of hydrogen-bond acceptors (Lipinski definition) is 6. The van der Waals surface area contributed by atoms with Crippen molar-refractivity contribution in [3.63, 3.8) is 0 Å². The zero-order valence-electron chi connectivity index (χ0n) is 19.1. The van der Waals surface area contributed by atoms with Gasteiger partial charge < -0.3 is 15.2 Å². The van der Waals surface area contributed by atoms with Crippen molar-refractivity contribution in [2.75, 3.05) is 13.7 Å². The van der Waals surface area contributed by atoms with E-state index < -0.39 is 23.2 Å². The van der Waals surface area contributed by atoms with Crippen molar-refractivity contribution in [1.82, 2.24) is 9.66 Å². The van der Waals surface area contributed by atoms with E-state index >= 15 is 0 Å². The van der Waals surface area contributed by atoms with Gasteiger partial charge in [0.05, 0.1) is 34.3 Å². The van der Waals surface area contributed by atoms with Crippen molar-refractivity contribution in [2.45, 2.75) is 6.18 Å². The molecular formula is C25H18BrF3N4O4. The Bertz CT molecular complexity index is 1580. The van der Waals surface area contributed by atoms with Crippen LogP contribution in [0.5, 0.6) is 11.5 Å². The van der Waals surface area contributed by atoms with Gasteiger partial charge in [-0.2, -0.15) is 22.9 Å². The fourth-order valence-electron chi connectivity index (χ4n) is 3.47. The Kier molecular flexibility index (Phi) is 7.30. The van der Waals surface area contributed by atoms with Crippen molar-refractivity contribution >= 4 is 39.0 Å². The van der Waals surface area contributed by atoms with E-state index in [0.717, 1.165) is 16.8 Å². The van der Waals surface area contributed by atoms with E-state index in [0.29, 0.717) is 15.6 Å². The third kappa shape index (κ3) is 5.64. The van der Waals surface area contributed by atoms with Crippen LogP contribution in [0.25, 0.3) is 22.3 Å². The van der Waals surface area contributed by atoms with Gasteiger partial charge in [0.15, 0.2) is 23.9 Å². The molecular weight excluding hydrogens is 557 g/mol. The van der Waals surface area contributed by atoms with E-state index in [-0.39, 0.29) is 34.9 Å².